The van der Waals surface area contributed by atoms with E-state index in [4.69, 9.17) is 9.84 Å². The molecule has 0 aromatic heterocycles. The van der Waals surface area contributed by atoms with Crippen molar-refractivity contribution in [1.82, 2.24) is 5.32 Å². The van der Waals surface area contributed by atoms with Gasteiger partial charge in [0.1, 0.15) is 0 Å². The summed E-state index contributed by atoms with van der Waals surface area (Å²) in [5.74, 6) is -1.09. The van der Waals surface area contributed by atoms with Gasteiger partial charge in [0.2, 0.25) is 5.91 Å². The number of ether oxygens (including phenoxy) is 1. The third kappa shape index (κ3) is 4.56. The molecule has 0 spiro atoms. The van der Waals surface area contributed by atoms with E-state index in [1.54, 1.807) is 0 Å². The molecule has 1 saturated heterocycles. The minimum absolute atomic E-state index is 0.0349. The Morgan fingerprint density at radius 2 is 2.19 bits per heavy atom. The topological polar surface area (TPSA) is 75.6 Å². The minimum Gasteiger partial charge on any atom is -0.481 e. The van der Waals surface area contributed by atoms with Gasteiger partial charge in [-0.3, -0.25) is 9.59 Å². The molecule has 0 aliphatic carbocycles. The fourth-order valence-corrected chi connectivity index (χ4v) is 2.66. The molecular weight excluding hydrogens is 270 g/mol. The molecule has 1 fully saturated rings. The summed E-state index contributed by atoms with van der Waals surface area (Å²) < 4.78 is 5.44. The average molecular weight is 291 g/mol. The molecule has 1 aromatic rings. The van der Waals surface area contributed by atoms with Crippen LogP contribution in [0.4, 0.5) is 0 Å². The Hall–Kier alpha value is -1.88. The predicted octanol–water partition coefficient (Wildman–Crippen LogP) is 2.20. The number of rotatable bonds is 6. The van der Waals surface area contributed by atoms with E-state index in [1.807, 2.05) is 31.2 Å². The molecule has 114 valence electrons. The first-order valence-corrected chi connectivity index (χ1v) is 7.24. The number of hydrogen-bond acceptors (Lipinski definition) is 3. The Bertz CT molecular complexity index is 509. The number of nitrogens with one attached hydrogen (secondary N) is 1. The van der Waals surface area contributed by atoms with Crippen molar-refractivity contribution in [3.05, 3.63) is 35.4 Å². The Morgan fingerprint density at radius 1 is 1.43 bits per heavy atom. The summed E-state index contributed by atoms with van der Waals surface area (Å²) in [7, 11) is 0. The highest BCUT2D eigenvalue weighted by Crippen LogP contribution is 2.22. The number of carbonyl (C=O) groups is 2. The third-order valence-electron chi connectivity index (χ3n) is 3.71. The second kappa shape index (κ2) is 7.22. The van der Waals surface area contributed by atoms with Crippen molar-refractivity contribution in [2.45, 2.75) is 44.8 Å². The monoisotopic (exact) mass is 291 g/mol. The fraction of sp³-hybridized carbons (Fsp3) is 0.500. The van der Waals surface area contributed by atoms with Crippen molar-refractivity contribution in [3.8, 4) is 0 Å². The molecule has 0 bridgehead atoms. The highest BCUT2D eigenvalue weighted by molar-refractivity contribution is 5.78. The van der Waals surface area contributed by atoms with Crippen LogP contribution in [0.5, 0.6) is 0 Å². The number of amides is 1. The maximum Gasteiger partial charge on any atom is 0.305 e. The zero-order valence-electron chi connectivity index (χ0n) is 12.2. The van der Waals surface area contributed by atoms with Gasteiger partial charge in [0.25, 0.3) is 0 Å². The smallest absolute Gasteiger partial charge is 0.305 e. The number of carbonyl (C=O) groups excluding carboxylic acids is 1. The van der Waals surface area contributed by atoms with Crippen LogP contribution >= 0.6 is 0 Å². The summed E-state index contributed by atoms with van der Waals surface area (Å²) in [6.45, 7) is 2.62. The van der Waals surface area contributed by atoms with Gasteiger partial charge in [-0.25, -0.2) is 0 Å². The van der Waals surface area contributed by atoms with Gasteiger partial charge in [0.05, 0.1) is 25.0 Å². The standard InChI is InChI=1S/C16H21NO4/c1-11-5-2-3-7-13(11)14(10-16(19)20)17-15(18)9-12-6-4-8-21-12/h2-3,5,7,12,14H,4,6,8-10H2,1H3,(H,17,18)(H,19,20)/t12-,14-/m1/s1. The molecule has 2 rings (SSSR count). The van der Waals surface area contributed by atoms with Crippen LogP contribution in [0.2, 0.25) is 0 Å². The fourth-order valence-electron chi connectivity index (χ4n) is 2.66. The molecule has 21 heavy (non-hydrogen) atoms. The molecule has 0 unspecified atom stereocenters. The first-order valence-electron chi connectivity index (χ1n) is 7.24. The lowest BCUT2D eigenvalue weighted by Crippen LogP contribution is -2.32. The second-order valence-corrected chi connectivity index (χ2v) is 5.41. The molecule has 0 saturated carbocycles. The highest BCUT2D eigenvalue weighted by atomic mass is 16.5. The molecule has 5 heteroatoms. The van der Waals surface area contributed by atoms with Crippen LogP contribution in [0, 0.1) is 6.92 Å². The second-order valence-electron chi connectivity index (χ2n) is 5.41. The quantitative estimate of drug-likeness (QED) is 0.842. The highest BCUT2D eigenvalue weighted by Gasteiger charge is 2.23. The first-order chi connectivity index (χ1) is 10.1. The van der Waals surface area contributed by atoms with Crippen LogP contribution in [0.3, 0.4) is 0 Å². The minimum atomic E-state index is -0.930. The average Bonchev–Trinajstić information content (AvgIpc) is 2.90. The van der Waals surface area contributed by atoms with Crippen molar-refractivity contribution in [2.75, 3.05) is 6.61 Å². The summed E-state index contributed by atoms with van der Waals surface area (Å²) in [6.07, 6.45) is 2.01. The van der Waals surface area contributed by atoms with Gasteiger partial charge >= 0.3 is 5.97 Å². The van der Waals surface area contributed by atoms with E-state index in [0.29, 0.717) is 13.0 Å². The summed E-state index contributed by atoms with van der Waals surface area (Å²) >= 11 is 0. The van der Waals surface area contributed by atoms with Gasteiger partial charge in [0.15, 0.2) is 0 Å². The van der Waals surface area contributed by atoms with Crippen molar-refractivity contribution < 1.29 is 19.4 Å². The van der Waals surface area contributed by atoms with Crippen LogP contribution in [-0.4, -0.2) is 29.7 Å². The van der Waals surface area contributed by atoms with Gasteiger partial charge in [-0.05, 0) is 30.9 Å². The molecule has 2 N–H and O–H groups in total. The molecule has 1 amide bonds. The molecule has 2 atom stereocenters. The zero-order valence-corrected chi connectivity index (χ0v) is 12.2. The lowest BCUT2D eigenvalue weighted by Gasteiger charge is -2.20. The Labute approximate surface area is 124 Å². The van der Waals surface area contributed by atoms with Gasteiger partial charge in [0, 0.05) is 6.61 Å². The lowest BCUT2D eigenvalue weighted by atomic mass is 9.98. The van der Waals surface area contributed by atoms with Crippen molar-refractivity contribution in [1.29, 1.82) is 0 Å². The van der Waals surface area contributed by atoms with Crippen molar-refractivity contribution >= 4 is 11.9 Å². The number of aliphatic carboxylic acids is 1. The van der Waals surface area contributed by atoms with E-state index in [0.717, 1.165) is 24.0 Å². The van der Waals surface area contributed by atoms with Crippen LogP contribution in [0.1, 0.15) is 42.9 Å². The number of carboxylic acid groups (broad SMARTS) is 1. The first kappa shape index (κ1) is 15.5. The maximum atomic E-state index is 12.1. The van der Waals surface area contributed by atoms with E-state index in [-0.39, 0.29) is 18.4 Å². The predicted molar refractivity (Wildman–Crippen MR) is 77.9 cm³/mol. The molecular formula is C16H21NO4. The molecule has 1 aliphatic rings. The largest absolute Gasteiger partial charge is 0.481 e. The maximum absolute atomic E-state index is 12.1. The SMILES string of the molecule is Cc1ccccc1[C@@H](CC(=O)O)NC(=O)C[C@H]1CCCO1. The molecule has 0 radical (unpaired) electrons. The number of benzene rings is 1. The van der Waals surface area contributed by atoms with Crippen molar-refractivity contribution in [2.24, 2.45) is 0 Å². The number of aryl methyl sites for hydroxylation is 1. The van der Waals surface area contributed by atoms with E-state index in [2.05, 4.69) is 5.32 Å². The van der Waals surface area contributed by atoms with Crippen LogP contribution < -0.4 is 5.32 Å². The Balaban J connectivity index is 2.04. The van der Waals surface area contributed by atoms with Crippen LogP contribution in [-0.2, 0) is 14.3 Å². The Morgan fingerprint density at radius 3 is 2.81 bits per heavy atom. The summed E-state index contributed by atoms with van der Waals surface area (Å²) in [6, 6.07) is 7.01. The lowest BCUT2D eigenvalue weighted by molar-refractivity contribution is -0.137. The molecule has 1 aromatic carbocycles. The van der Waals surface area contributed by atoms with E-state index in [1.165, 1.54) is 0 Å². The van der Waals surface area contributed by atoms with Gasteiger partial charge < -0.3 is 15.2 Å². The summed E-state index contributed by atoms with van der Waals surface area (Å²) in [5.41, 5.74) is 1.82. The van der Waals surface area contributed by atoms with Gasteiger partial charge in [-0.2, -0.15) is 0 Å². The van der Waals surface area contributed by atoms with Crippen LogP contribution in [0.25, 0.3) is 0 Å². The summed E-state index contributed by atoms with van der Waals surface area (Å²) in [4.78, 5) is 23.1. The summed E-state index contributed by atoms with van der Waals surface area (Å²) in [5, 5.41) is 11.9. The van der Waals surface area contributed by atoms with E-state index < -0.39 is 12.0 Å². The zero-order chi connectivity index (χ0) is 15.2. The molecule has 5 nitrogen and oxygen atoms in total. The van der Waals surface area contributed by atoms with Gasteiger partial charge in [-0.1, -0.05) is 24.3 Å². The number of carboxylic acids is 1. The number of hydrogen-bond donors (Lipinski definition) is 2. The van der Waals surface area contributed by atoms with Crippen molar-refractivity contribution in [3.63, 3.8) is 0 Å². The Kier molecular flexibility index (Phi) is 5.33. The molecule has 1 aliphatic heterocycles. The van der Waals surface area contributed by atoms with Gasteiger partial charge in [-0.15, -0.1) is 0 Å². The van der Waals surface area contributed by atoms with Crippen LogP contribution in [0.15, 0.2) is 24.3 Å². The van der Waals surface area contributed by atoms with E-state index >= 15 is 0 Å². The molecule has 1 heterocycles. The van der Waals surface area contributed by atoms with E-state index in [9.17, 15) is 9.59 Å². The normalized spacial score (nSPS) is 19.2. The third-order valence-corrected chi connectivity index (χ3v) is 3.71.